The minimum absolute atomic E-state index is 0.277. The Hall–Kier alpha value is -2.84. The van der Waals surface area contributed by atoms with Gasteiger partial charge in [-0.25, -0.2) is 10.2 Å². The van der Waals surface area contributed by atoms with Gasteiger partial charge in [0.2, 0.25) is 0 Å². The van der Waals surface area contributed by atoms with Gasteiger partial charge in [0.05, 0.1) is 4.91 Å². The lowest BCUT2D eigenvalue weighted by atomic mass is 10.2. The molecule has 0 atom stereocenters. The summed E-state index contributed by atoms with van der Waals surface area (Å²) in [6.07, 6.45) is 1.76. The molecule has 1 saturated heterocycles. The molecule has 27 heavy (non-hydrogen) atoms. The molecule has 1 heterocycles. The van der Waals surface area contributed by atoms with Gasteiger partial charge >= 0.3 is 6.03 Å². The molecule has 0 unspecified atom stereocenters. The van der Waals surface area contributed by atoms with E-state index in [2.05, 4.69) is 10.7 Å². The zero-order chi connectivity index (χ0) is 19.4. The Morgan fingerprint density at radius 3 is 2.41 bits per heavy atom. The zero-order valence-electron chi connectivity index (χ0n) is 14.8. The predicted molar refractivity (Wildman–Crippen MR) is 114 cm³/mol. The van der Waals surface area contributed by atoms with Crippen molar-refractivity contribution in [1.82, 2.24) is 10.4 Å². The van der Waals surface area contributed by atoms with E-state index in [0.717, 1.165) is 28.0 Å². The highest BCUT2D eigenvalue weighted by atomic mass is 32.2. The van der Waals surface area contributed by atoms with Crippen LogP contribution in [0.5, 0.6) is 0 Å². The molecule has 0 saturated carbocycles. The molecule has 2 aromatic carbocycles. The van der Waals surface area contributed by atoms with Gasteiger partial charge in [0.15, 0.2) is 4.32 Å². The SMILES string of the molecule is CN(C)c1ccc(/C=C2/SC(=S)N(NC(=O)Nc3ccccc3)C2=O)cc1. The van der Waals surface area contributed by atoms with Gasteiger partial charge in [0.25, 0.3) is 5.91 Å². The van der Waals surface area contributed by atoms with Gasteiger partial charge in [-0.15, -0.1) is 0 Å². The second-order valence-electron chi connectivity index (χ2n) is 5.94. The second kappa shape index (κ2) is 8.24. The Morgan fingerprint density at radius 2 is 1.78 bits per heavy atom. The largest absolute Gasteiger partial charge is 0.378 e. The Kier molecular flexibility index (Phi) is 5.78. The van der Waals surface area contributed by atoms with E-state index in [1.807, 2.05) is 49.3 Å². The van der Waals surface area contributed by atoms with E-state index < -0.39 is 6.03 Å². The van der Waals surface area contributed by atoms with Crippen LogP contribution in [0, 0.1) is 0 Å². The number of thiocarbonyl (C=S) groups is 1. The number of carbonyl (C=O) groups excluding carboxylic acids is 2. The van der Waals surface area contributed by atoms with Crippen molar-refractivity contribution >= 4 is 57.7 Å². The number of anilines is 2. The van der Waals surface area contributed by atoms with E-state index in [9.17, 15) is 9.59 Å². The summed E-state index contributed by atoms with van der Waals surface area (Å²) in [6, 6.07) is 16.2. The third kappa shape index (κ3) is 4.66. The summed E-state index contributed by atoms with van der Waals surface area (Å²) >= 11 is 6.38. The van der Waals surface area contributed by atoms with E-state index in [1.54, 1.807) is 30.3 Å². The van der Waals surface area contributed by atoms with Crippen LogP contribution in [-0.4, -0.2) is 35.4 Å². The molecule has 0 aromatic heterocycles. The van der Waals surface area contributed by atoms with E-state index in [-0.39, 0.29) is 10.2 Å². The number of carbonyl (C=O) groups is 2. The monoisotopic (exact) mass is 398 g/mol. The van der Waals surface area contributed by atoms with Gasteiger partial charge in [-0.1, -0.05) is 42.1 Å². The Balaban J connectivity index is 1.68. The first-order chi connectivity index (χ1) is 12.9. The van der Waals surface area contributed by atoms with Crippen LogP contribution in [0.25, 0.3) is 6.08 Å². The van der Waals surface area contributed by atoms with Crippen molar-refractivity contribution < 1.29 is 9.59 Å². The molecular weight excluding hydrogens is 380 g/mol. The van der Waals surface area contributed by atoms with Gasteiger partial charge in [-0.05, 0) is 48.1 Å². The lowest BCUT2D eigenvalue weighted by molar-refractivity contribution is -0.123. The van der Waals surface area contributed by atoms with Crippen LogP contribution in [0.4, 0.5) is 16.2 Å². The number of rotatable bonds is 4. The van der Waals surface area contributed by atoms with E-state index in [1.165, 1.54) is 0 Å². The second-order valence-corrected chi connectivity index (χ2v) is 7.61. The molecule has 2 aromatic rings. The number of hydrogen-bond donors (Lipinski definition) is 2. The van der Waals surface area contributed by atoms with Crippen LogP contribution in [0.1, 0.15) is 5.56 Å². The number of nitrogens with zero attached hydrogens (tertiary/aromatic N) is 2. The predicted octanol–water partition coefficient (Wildman–Crippen LogP) is 3.69. The van der Waals surface area contributed by atoms with Crippen molar-refractivity contribution in [2.24, 2.45) is 0 Å². The molecule has 3 rings (SSSR count). The minimum Gasteiger partial charge on any atom is -0.378 e. The molecule has 3 amide bonds. The fourth-order valence-electron chi connectivity index (χ4n) is 2.37. The molecule has 8 heteroatoms. The van der Waals surface area contributed by atoms with Gasteiger partial charge in [-0.3, -0.25) is 4.79 Å². The lowest BCUT2D eigenvalue weighted by Gasteiger charge is -2.16. The maximum absolute atomic E-state index is 12.6. The van der Waals surface area contributed by atoms with E-state index in [4.69, 9.17) is 12.2 Å². The number of nitrogens with one attached hydrogen (secondary N) is 2. The number of urea groups is 1. The quantitative estimate of drug-likeness (QED) is 0.607. The Morgan fingerprint density at radius 1 is 1.11 bits per heavy atom. The van der Waals surface area contributed by atoms with Crippen LogP contribution in [0.3, 0.4) is 0 Å². The molecule has 0 bridgehead atoms. The zero-order valence-corrected chi connectivity index (χ0v) is 16.4. The van der Waals surface area contributed by atoms with Gasteiger partial charge < -0.3 is 10.2 Å². The van der Waals surface area contributed by atoms with E-state index in [0.29, 0.717) is 10.6 Å². The summed E-state index contributed by atoms with van der Waals surface area (Å²) in [4.78, 5) is 27.2. The van der Waals surface area contributed by atoms with Gasteiger partial charge in [0.1, 0.15) is 0 Å². The van der Waals surface area contributed by atoms with Gasteiger partial charge in [-0.2, -0.15) is 5.01 Å². The van der Waals surface area contributed by atoms with E-state index >= 15 is 0 Å². The van der Waals surface area contributed by atoms with Crippen LogP contribution in [0.15, 0.2) is 59.5 Å². The lowest BCUT2D eigenvalue weighted by Crippen LogP contribution is -2.46. The van der Waals surface area contributed by atoms with Crippen molar-refractivity contribution in [3.63, 3.8) is 0 Å². The first kappa shape index (κ1) is 18.9. The Bertz CT molecular complexity index is 896. The topological polar surface area (TPSA) is 64.7 Å². The fraction of sp³-hybridized carbons (Fsp3) is 0.105. The summed E-state index contributed by atoms with van der Waals surface area (Å²) < 4.78 is 0.277. The van der Waals surface area contributed by atoms with Crippen molar-refractivity contribution in [3.8, 4) is 0 Å². The highest BCUT2D eigenvalue weighted by Crippen LogP contribution is 2.31. The number of hydrogen-bond acceptors (Lipinski definition) is 5. The molecule has 138 valence electrons. The highest BCUT2D eigenvalue weighted by molar-refractivity contribution is 8.26. The minimum atomic E-state index is -0.533. The first-order valence-electron chi connectivity index (χ1n) is 8.12. The summed E-state index contributed by atoms with van der Waals surface area (Å²) in [5, 5.41) is 3.74. The average molecular weight is 399 g/mol. The molecule has 0 aliphatic carbocycles. The average Bonchev–Trinajstić information content (AvgIpc) is 2.90. The van der Waals surface area contributed by atoms with Crippen LogP contribution in [-0.2, 0) is 4.79 Å². The van der Waals surface area contributed by atoms with Crippen molar-refractivity contribution in [1.29, 1.82) is 0 Å². The molecular formula is C19H18N4O2S2. The van der Waals surface area contributed by atoms with Crippen LogP contribution in [0.2, 0.25) is 0 Å². The molecule has 1 aliphatic heterocycles. The molecule has 1 fully saturated rings. The molecule has 0 spiro atoms. The maximum atomic E-state index is 12.6. The van der Waals surface area contributed by atoms with Crippen molar-refractivity contribution in [2.45, 2.75) is 0 Å². The number of benzene rings is 2. The van der Waals surface area contributed by atoms with Gasteiger partial charge in [0, 0.05) is 25.5 Å². The third-order valence-corrected chi connectivity index (χ3v) is 5.05. The number of thioether (sulfide) groups is 1. The standard InChI is InChI=1S/C19H18N4O2S2/c1-22(2)15-10-8-13(9-11-15)12-16-17(24)23(19(26)27-16)21-18(25)20-14-6-4-3-5-7-14/h3-12H,1-2H3,(H2,20,21,25)/b16-12+. The smallest absolute Gasteiger partial charge is 0.338 e. The summed E-state index contributed by atoms with van der Waals surface area (Å²) in [5.41, 5.74) is 5.07. The Labute approximate surface area is 167 Å². The summed E-state index contributed by atoms with van der Waals surface area (Å²) in [6.45, 7) is 0. The number of amides is 3. The molecule has 1 aliphatic rings. The number of hydrazine groups is 1. The summed E-state index contributed by atoms with van der Waals surface area (Å²) in [5.74, 6) is -0.357. The normalized spacial score (nSPS) is 15.2. The van der Waals surface area contributed by atoms with Crippen molar-refractivity contribution in [3.05, 3.63) is 65.1 Å². The number of para-hydroxylation sites is 1. The highest BCUT2D eigenvalue weighted by Gasteiger charge is 2.33. The van der Waals surface area contributed by atoms with Crippen LogP contribution >= 0.6 is 24.0 Å². The maximum Gasteiger partial charge on any atom is 0.338 e. The van der Waals surface area contributed by atoms with Crippen LogP contribution < -0.4 is 15.6 Å². The van der Waals surface area contributed by atoms with Crippen molar-refractivity contribution in [2.75, 3.05) is 24.3 Å². The summed E-state index contributed by atoms with van der Waals surface area (Å²) in [7, 11) is 3.93. The third-order valence-electron chi connectivity index (χ3n) is 3.75. The first-order valence-corrected chi connectivity index (χ1v) is 9.34. The molecule has 2 N–H and O–H groups in total. The molecule has 0 radical (unpaired) electrons. The molecule has 6 nitrogen and oxygen atoms in total. The fourth-order valence-corrected chi connectivity index (χ4v) is 3.55.